The fraction of sp³-hybridized carbons (Fsp3) is 0.600. The van der Waals surface area contributed by atoms with Crippen LogP contribution in [0.2, 0.25) is 0 Å². The average molecular weight is 290 g/mol. The normalized spacial score (nSPS) is 14.8. The number of carbonyl (C=O) groups is 4. The van der Waals surface area contributed by atoms with Gasteiger partial charge in [0.25, 0.3) is 0 Å². The Balaban J connectivity index is 4.84. The summed E-state index contributed by atoms with van der Waals surface area (Å²) in [6, 6.07) is -3.84. The quantitative estimate of drug-likeness (QED) is 0.265. The predicted molar refractivity (Wildman–Crippen MR) is 66.0 cm³/mol. The van der Waals surface area contributed by atoms with Crippen molar-refractivity contribution < 1.29 is 29.4 Å². The van der Waals surface area contributed by atoms with Gasteiger partial charge in [-0.3, -0.25) is 14.4 Å². The third-order valence-corrected chi connectivity index (χ3v) is 2.25. The molecule has 0 aliphatic carbocycles. The zero-order valence-electron chi connectivity index (χ0n) is 10.8. The van der Waals surface area contributed by atoms with Crippen LogP contribution in [0.3, 0.4) is 0 Å². The van der Waals surface area contributed by atoms with Crippen LogP contribution in [-0.2, 0) is 19.2 Å². The Hall–Kier alpha value is -2.20. The van der Waals surface area contributed by atoms with Crippen molar-refractivity contribution in [3.8, 4) is 0 Å². The van der Waals surface area contributed by atoms with Crippen molar-refractivity contribution in [1.29, 1.82) is 0 Å². The molecule has 0 aromatic heterocycles. The lowest BCUT2D eigenvalue weighted by Crippen LogP contribution is -2.55. The molecule has 3 unspecified atom stereocenters. The van der Waals surface area contributed by atoms with Crippen LogP contribution in [-0.4, -0.2) is 58.6 Å². The van der Waals surface area contributed by atoms with Crippen LogP contribution in [0.5, 0.6) is 0 Å². The van der Waals surface area contributed by atoms with E-state index in [1.807, 2.05) is 5.32 Å². The number of hydrogen-bond acceptors (Lipinski definition) is 6. The van der Waals surface area contributed by atoms with Crippen molar-refractivity contribution >= 4 is 23.7 Å². The summed E-state index contributed by atoms with van der Waals surface area (Å²) in [4.78, 5) is 44.7. The summed E-state index contributed by atoms with van der Waals surface area (Å²) in [5, 5.41) is 21.6. The Morgan fingerprint density at radius 2 is 1.60 bits per heavy atom. The molecule has 0 spiro atoms. The van der Waals surface area contributed by atoms with Crippen LogP contribution in [0.1, 0.15) is 13.3 Å². The number of aliphatic carboxylic acids is 1. The summed E-state index contributed by atoms with van der Waals surface area (Å²) in [5.41, 5.74) is 10.2. The van der Waals surface area contributed by atoms with Crippen LogP contribution >= 0.6 is 0 Å². The van der Waals surface area contributed by atoms with E-state index in [9.17, 15) is 19.2 Å². The molecule has 0 fully saturated rings. The van der Waals surface area contributed by atoms with E-state index in [1.54, 1.807) is 0 Å². The van der Waals surface area contributed by atoms with Crippen molar-refractivity contribution in [3.05, 3.63) is 0 Å². The van der Waals surface area contributed by atoms with Crippen LogP contribution in [0.25, 0.3) is 0 Å². The molecule has 8 N–H and O–H groups in total. The summed E-state index contributed by atoms with van der Waals surface area (Å²) < 4.78 is 0. The molecule has 114 valence electrons. The molecule has 0 aliphatic rings. The lowest BCUT2D eigenvalue weighted by Gasteiger charge is -2.20. The molecule has 0 aromatic carbocycles. The minimum atomic E-state index is -1.55. The van der Waals surface area contributed by atoms with E-state index in [2.05, 4.69) is 5.32 Å². The SMILES string of the molecule is CC(N)C(=O)NC(CC(N)=O)C(=O)NC(CO)C(=O)O. The Kier molecular flexibility index (Phi) is 7.18. The molecule has 3 amide bonds. The zero-order valence-corrected chi connectivity index (χ0v) is 10.8. The minimum Gasteiger partial charge on any atom is -0.480 e. The summed E-state index contributed by atoms with van der Waals surface area (Å²) in [6.07, 6.45) is -0.526. The number of carboxylic acids is 1. The Morgan fingerprint density at radius 3 is 1.95 bits per heavy atom. The van der Waals surface area contributed by atoms with E-state index < -0.39 is 54.8 Å². The number of rotatable bonds is 8. The highest BCUT2D eigenvalue weighted by molar-refractivity contribution is 5.94. The third-order valence-electron chi connectivity index (χ3n) is 2.25. The van der Waals surface area contributed by atoms with Crippen LogP contribution in [0, 0.1) is 0 Å². The standard InChI is InChI=1S/C10H18N4O6/c1-4(11)8(17)13-5(2-7(12)16)9(18)14-6(3-15)10(19)20/h4-6,15H,2-3,11H2,1H3,(H2,12,16)(H,13,17)(H,14,18)(H,19,20). The summed E-state index contributed by atoms with van der Waals surface area (Å²) in [7, 11) is 0. The number of nitrogens with one attached hydrogen (secondary N) is 2. The summed E-state index contributed by atoms with van der Waals surface area (Å²) in [5.74, 6) is -4.00. The molecule has 20 heavy (non-hydrogen) atoms. The number of aliphatic hydroxyl groups excluding tert-OH is 1. The lowest BCUT2D eigenvalue weighted by atomic mass is 10.1. The first-order valence-corrected chi connectivity index (χ1v) is 5.67. The smallest absolute Gasteiger partial charge is 0.328 e. The topological polar surface area (TPSA) is 185 Å². The number of carboxylic acid groups (broad SMARTS) is 1. The lowest BCUT2D eigenvalue weighted by molar-refractivity contribution is -0.143. The minimum absolute atomic E-state index is 0.526. The maximum atomic E-state index is 11.8. The van der Waals surface area contributed by atoms with E-state index in [4.69, 9.17) is 21.7 Å². The highest BCUT2D eigenvalue weighted by atomic mass is 16.4. The van der Waals surface area contributed by atoms with Gasteiger partial charge in [-0.2, -0.15) is 0 Å². The zero-order chi connectivity index (χ0) is 15.9. The van der Waals surface area contributed by atoms with Crippen molar-refractivity contribution in [2.24, 2.45) is 11.5 Å². The number of primary amides is 1. The van der Waals surface area contributed by atoms with Gasteiger partial charge in [-0.15, -0.1) is 0 Å². The molecule has 0 radical (unpaired) electrons. The van der Waals surface area contributed by atoms with Gasteiger partial charge in [-0.1, -0.05) is 0 Å². The molecule has 0 heterocycles. The second kappa shape index (κ2) is 8.07. The number of carbonyl (C=O) groups excluding carboxylic acids is 3. The van der Waals surface area contributed by atoms with E-state index in [0.717, 1.165) is 0 Å². The van der Waals surface area contributed by atoms with Crippen LogP contribution < -0.4 is 22.1 Å². The van der Waals surface area contributed by atoms with Crippen molar-refractivity contribution in [3.63, 3.8) is 0 Å². The number of nitrogens with two attached hydrogens (primary N) is 2. The highest BCUT2D eigenvalue weighted by Crippen LogP contribution is 1.95. The van der Waals surface area contributed by atoms with Gasteiger partial charge >= 0.3 is 5.97 Å². The van der Waals surface area contributed by atoms with E-state index in [-0.39, 0.29) is 0 Å². The van der Waals surface area contributed by atoms with Gasteiger partial charge in [-0.25, -0.2) is 4.79 Å². The Bertz CT molecular complexity index is 397. The number of hydrogen-bond donors (Lipinski definition) is 6. The van der Waals surface area contributed by atoms with Gasteiger partial charge in [0.1, 0.15) is 12.1 Å². The molecule has 10 heteroatoms. The maximum Gasteiger partial charge on any atom is 0.328 e. The maximum absolute atomic E-state index is 11.8. The first-order valence-electron chi connectivity index (χ1n) is 5.67. The van der Waals surface area contributed by atoms with Gasteiger partial charge in [0.05, 0.1) is 19.1 Å². The third kappa shape index (κ3) is 6.11. The Morgan fingerprint density at radius 1 is 1.10 bits per heavy atom. The van der Waals surface area contributed by atoms with Crippen molar-refractivity contribution in [1.82, 2.24) is 10.6 Å². The molecule has 10 nitrogen and oxygen atoms in total. The fourth-order valence-corrected chi connectivity index (χ4v) is 1.17. The molecule has 0 aromatic rings. The van der Waals surface area contributed by atoms with Gasteiger partial charge in [0, 0.05) is 0 Å². The molecule has 3 atom stereocenters. The Labute approximate surface area is 114 Å². The molecular formula is C10H18N4O6. The van der Waals surface area contributed by atoms with Crippen LogP contribution in [0.4, 0.5) is 0 Å². The fourth-order valence-electron chi connectivity index (χ4n) is 1.17. The van der Waals surface area contributed by atoms with Crippen molar-refractivity contribution in [2.45, 2.75) is 31.5 Å². The largest absolute Gasteiger partial charge is 0.480 e. The molecular weight excluding hydrogens is 272 g/mol. The van der Waals surface area contributed by atoms with Crippen LogP contribution in [0.15, 0.2) is 0 Å². The first-order chi connectivity index (χ1) is 9.18. The van der Waals surface area contributed by atoms with Gasteiger partial charge in [0.2, 0.25) is 17.7 Å². The van der Waals surface area contributed by atoms with E-state index in [1.165, 1.54) is 6.92 Å². The molecule has 0 saturated carbocycles. The second-order valence-corrected chi connectivity index (χ2v) is 4.10. The molecule has 0 rings (SSSR count). The van der Waals surface area contributed by atoms with E-state index >= 15 is 0 Å². The van der Waals surface area contributed by atoms with Gasteiger partial charge in [-0.05, 0) is 6.92 Å². The number of amides is 3. The highest BCUT2D eigenvalue weighted by Gasteiger charge is 2.27. The number of aliphatic hydroxyl groups is 1. The summed E-state index contributed by atoms with van der Waals surface area (Å²) >= 11 is 0. The van der Waals surface area contributed by atoms with Gasteiger partial charge < -0.3 is 32.3 Å². The van der Waals surface area contributed by atoms with Gasteiger partial charge in [0.15, 0.2) is 0 Å². The average Bonchev–Trinajstić information content (AvgIpc) is 2.33. The second-order valence-electron chi connectivity index (χ2n) is 4.10. The monoisotopic (exact) mass is 290 g/mol. The molecule has 0 saturated heterocycles. The molecule has 0 aliphatic heterocycles. The van der Waals surface area contributed by atoms with Crippen molar-refractivity contribution in [2.75, 3.05) is 6.61 Å². The first kappa shape index (κ1) is 17.8. The summed E-state index contributed by atoms with van der Waals surface area (Å²) in [6.45, 7) is 0.522. The predicted octanol–water partition coefficient (Wildman–Crippen LogP) is -3.74. The van der Waals surface area contributed by atoms with E-state index in [0.29, 0.717) is 0 Å². The molecule has 0 bridgehead atoms.